The minimum atomic E-state index is -0.308. The third-order valence-electron chi connectivity index (χ3n) is 7.92. The van der Waals surface area contributed by atoms with Gasteiger partial charge in [-0.2, -0.15) is 0 Å². The number of rotatable bonds is 7. The van der Waals surface area contributed by atoms with Gasteiger partial charge in [0, 0.05) is 27.9 Å². The van der Waals surface area contributed by atoms with Crippen molar-refractivity contribution in [2.75, 3.05) is 18.4 Å². The van der Waals surface area contributed by atoms with Crippen LogP contribution >= 0.6 is 11.3 Å². The van der Waals surface area contributed by atoms with Gasteiger partial charge in [-0.15, -0.1) is 11.3 Å². The number of amides is 2. The largest absolute Gasteiger partial charge is 0.343 e. The molecule has 0 bridgehead atoms. The van der Waals surface area contributed by atoms with Crippen molar-refractivity contribution in [1.29, 1.82) is 0 Å². The number of thiazole rings is 1. The first-order chi connectivity index (χ1) is 18.7. The maximum atomic E-state index is 12.9. The number of anilines is 1. The van der Waals surface area contributed by atoms with Crippen LogP contribution in [-0.2, 0) is 9.59 Å². The fraction of sp³-hybridized carbons (Fsp3) is 0.355. The first-order valence-electron chi connectivity index (χ1n) is 13.4. The van der Waals surface area contributed by atoms with Gasteiger partial charge in [0.1, 0.15) is 0 Å². The van der Waals surface area contributed by atoms with E-state index in [1.54, 1.807) is 0 Å². The molecule has 2 heterocycles. The average Bonchev–Trinajstić information content (AvgIpc) is 3.40. The second-order valence-electron chi connectivity index (χ2n) is 10.9. The first-order valence-corrected chi connectivity index (χ1v) is 14.3. The van der Waals surface area contributed by atoms with Crippen molar-refractivity contribution in [3.05, 3.63) is 76.5 Å². The monoisotopic (exact) mass is 541 g/mol. The fourth-order valence-corrected chi connectivity index (χ4v) is 6.47. The number of nitrogens with one attached hydrogen (secondary N) is 2. The van der Waals surface area contributed by atoms with Crippen molar-refractivity contribution in [3.8, 4) is 22.4 Å². The van der Waals surface area contributed by atoms with Crippen LogP contribution in [-0.4, -0.2) is 34.9 Å². The van der Waals surface area contributed by atoms with Crippen molar-refractivity contribution in [1.82, 2.24) is 15.3 Å². The number of fused-ring (bicyclic) bond motifs is 1. The lowest BCUT2D eigenvalue weighted by atomic mass is 9.62. The molecule has 2 amide bonds. The zero-order chi connectivity index (χ0) is 27.6. The first kappa shape index (κ1) is 27.0. The SMILES string of the molecule is Cc1cc(-c2cccc(-c3csc(NC(=O)CNC(=O)C4=CC=C5CCC[C@](C)(CN)C5C4)n3)c2)cc(C)n1. The molecule has 2 aliphatic rings. The molecule has 5 rings (SSSR count). The predicted octanol–water partition coefficient (Wildman–Crippen LogP) is 5.57. The number of benzene rings is 1. The van der Waals surface area contributed by atoms with E-state index in [2.05, 4.69) is 57.9 Å². The summed E-state index contributed by atoms with van der Waals surface area (Å²) in [5, 5.41) is 8.01. The van der Waals surface area contributed by atoms with E-state index in [0.717, 1.165) is 53.0 Å². The summed E-state index contributed by atoms with van der Waals surface area (Å²) in [7, 11) is 0. The quantitative estimate of drug-likeness (QED) is 0.363. The number of allylic oxidation sites excluding steroid dienone is 3. The summed E-state index contributed by atoms with van der Waals surface area (Å²) in [4.78, 5) is 34.6. The summed E-state index contributed by atoms with van der Waals surface area (Å²) in [5.74, 6) is -0.226. The second-order valence-corrected chi connectivity index (χ2v) is 11.7. The number of carbonyl (C=O) groups is 2. The van der Waals surface area contributed by atoms with E-state index >= 15 is 0 Å². The summed E-state index contributed by atoms with van der Waals surface area (Å²) in [6.45, 7) is 6.70. The van der Waals surface area contributed by atoms with E-state index < -0.39 is 0 Å². The van der Waals surface area contributed by atoms with Gasteiger partial charge >= 0.3 is 0 Å². The normalized spacial score (nSPS) is 20.5. The van der Waals surface area contributed by atoms with E-state index in [0.29, 0.717) is 23.7 Å². The summed E-state index contributed by atoms with van der Waals surface area (Å²) in [6, 6.07) is 12.3. The number of aromatic nitrogens is 2. The molecule has 7 nitrogen and oxygen atoms in total. The lowest BCUT2D eigenvalue weighted by molar-refractivity contribution is -0.121. The molecular formula is C31H35N5O2S. The molecule has 39 heavy (non-hydrogen) atoms. The lowest BCUT2D eigenvalue weighted by Crippen LogP contribution is -2.41. The predicted molar refractivity (Wildman–Crippen MR) is 157 cm³/mol. The van der Waals surface area contributed by atoms with Gasteiger partial charge in [-0.3, -0.25) is 14.6 Å². The van der Waals surface area contributed by atoms with Crippen LogP contribution in [0, 0.1) is 25.2 Å². The molecule has 202 valence electrons. The number of nitrogens with zero attached hydrogens (tertiary/aromatic N) is 2. The minimum absolute atomic E-state index is 0.0134. The summed E-state index contributed by atoms with van der Waals surface area (Å²) >= 11 is 1.36. The van der Waals surface area contributed by atoms with Crippen LogP contribution in [0.4, 0.5) is 5.13 Å². The van der Waals surface area contributed by atoms with Gasteiger partial charge in [0.2, 0.25) is 11.8 Å². The molecule has 4 N–H and O–H groups in total. The van der Waals surface area contributed by atoms with Gasteiger partial charge in [-0.1, -0.05) is 42.8 Å². The number of hydrogen-bond donors (Lipinski definition) is 3. The van der Waals surface area contributed by atoms with Crippen LogP contribution in [0.25, 0.3) is 22.4 Å². The van der Waals surface area contributed by atoms with E-state index in [-0.39, 0.29) is 29.7 Å². The van der Waals surface area contributed by atoms with Crippen LogP contribution in [0.5, 0.6) is 0 Å². The molecule has 2 atom stereocenters. The number of aryl methyl sites for hydroxylation is 2. The Bertz CT molecular complexity index is 1450. The smallest absolute Gasteiger partial charge is 0.247 e. The van der Waals surface area contributed by atoms with Gasteiger partial charge in [0.15, 0.2) is 5.13 Å². The summed E-state index contributed by atoms with van der Waals surface area (Å²) in [5.41, 5.74) is 14.1. The molecule has 1 fully saturated rings. The van der Waals surface area contributed by atoms with E-state index in [1.807, 2.05) is 37.4 Å². The number of hydrogen-bond acceptors (Lipinski definition) is 6. The topological polar surface area (TPSA) is 110 Å². The van der Waals surface area contributed by atoms with Gasteiger partial charge in [0.25, 0.3) is 0 Å². The lowest BCUT2D eigenvalue weighted by Gasteiger charge is -2.44. The van der Waals surface area contributed by atoms with Crippen molar-refractivity contribution < 1.29 is 9.59 Å². The van der Waals surface area contributed by atoms with Gasteiger partial charge < -0.3 is 16.4 Å². The highest BCUT2D eigenvalue weighted by Gasteiger charge is 2.40. The Labute approximate surface area is 233 Å². The summed E-state index contributed by atoms with van der Waals surface area (Å²) in [6.07, 6.45) is 7.93. The molecule has 8 heteroatoms. The molecule has 0 radical (unpaired) electrons. The third-order valence-corrected chi connectivity index (χ3v) is 8.67. The van der Waals surface area contributed by atoms with Gasteiger partial charge in [-0.25, -0.2) is 4.98 Å². The molecule has 1 saturated carbocycles. The van der Waals surface area contributed by atoms with Crippen molar-refractivity contribution >= 4 is 28.3 Å². The van der Waals surface area contributed by atoms with Crippen molar-refractivity contribution in [3.63, 3.8) is 0 Å². The number of pyridine rings is 1. The van der Waals surface area contributed by atoms with E-state index in [9.17, 15) is 9.59 Å². The molecule has 3 aromatic rings. The molecule has 0 saturated heterocycles. The fourth-order valence-electron chi connectivity index (χ4n) is 5.74. The summed E-state index contributed by atoms with van der Waals surface area (Å²) < 4.78 is 0. The average molecular weight is 542 g/mol. The molecular weight excluding hydrogens is 506 g/mol. The maximum Gasteiger partial charge on any atom is 0.247 e. The molecule has 1 aromatic carbocycles. The highest BCUT2D eigenvalue weighted by atomic mass is 32.1. The standard InChI is InChI=1S/C31H35N5O2S/c1-19-12-25(13-20(2)34-19)22-6-4-7-23(14-22)27-17-39-30(35-27)36-28(37)16-33-29(38)24-10-9-21-8-5-11-31(3,18-32)26(21)15-24/h4,6-7,9-10,12-14,17,26H,5,8,11,15-16,18,32H2,1-3H3,(H,33,38)(H,35,36,37)/t26?,31-/m1/s1. The highest BCUT2D eigenvalue weighted by Crippen LogP contribution is 2.48. The zero-order valence-corrected chi connectivity index (χ0v) is 23.5. The number of nitrogens with two attached hydrogens (primary N) is 1. The Hall–Kier alpha value is -3.62. The highest BCUT2D eigenvalue weighted by molar-refractivity contribution is 7.14. The van der Waals surface area contributed by atoms with Crippen LogP contribution in [0.1, 0.15) is 44.0 Å². The zero-order valence-electron chi connectivity index (χ0n) is 22.7. The Morgan fingerprint density at radius 2 is 1.85 bits per heavy atom. The minimum Gasteiger partial charge on any atom is -0.343 e. The second kappa shape index (κ2) is 11.2. The third kappa shape index (κ3) is 6.02. The maximum absolute atomic E-state index is 12.9. The molecule has 2 aliphatic carbocycles. The van der Waals surface area contributed by atoms with Crippen molar-refractivity contribution in [2.45, 2.75) is 46.5 Å². The van der Waals surface area contributed by atoms with Crippen LogP contribution < -0.4 is 16.4 Å². The Morgan fingerprint density at radius 3 is 2.62 bits per heavy atom. The van der Waals surface area contributed by atoms with Crippen LogP contribution in [0.2, 0.25) is 0 Å². The Morgan fingerprint density at radius 1 is 1.08 bits per heavy atom. The Balaban J connectivity index is 1.19. The van der Waals surface area contributed by atoms with Crippen LogP contribution in [0.3, 0.4) is 0 Å². The molecule has 1 unspecified atom stereocenters. The molecule has 0 spiro atoms. The van der Waals surface area contributed by atoms with Crippen molar-refractivity contribution in [2.24, 2.45) is 17.1 Å². The van der Waals surface area contributed by atoms with E-state index in [4.69, 9.17) is 5.73 Å². The molecule has 0 aliphatic heterocycles. The Kier molecular flexibility index (Phi) is 7.77. The van der Waals surface area contributed by atoms with Gasteiger partial charge in [-0.05, 0) is 86.7 Å². The van der Waals surface area contributed by atoms with Crippen LogP contribution in [0.15, 0.2) is 65.1 Å². The molecule has 2 aromatic heterocycles. The number of carbonyl (C=O) groups excluding carboxylic acids is 2. The van der Waals surface area contributed by atoms with Gasteiger partial charge in [0.05, 0.1) is 12.2 Å². The van der Waals surface area contributed by atoms with E-state index in [1.165, 1.54) is 16.9 Å².